The van der Waals surface area contributed by atoms with Crippen molar-refractivity contribution >= 4 is 23.6 Å². The maximum atomic E-state index is 12.8. The van der Waals surface area contributed by atoms with Gasteiger partial charge < -0.3 is 20.2 Å². The van der Waals surface area contributed by atoms with Gasteiger partial charge in [-0.05, 0) is 37.5 Å². The summed E-state index contributed by atoms with van der Waals surface area (Å²) in [7, 11) is 1.66. The summed E-state index contributed by atoms with van der Waals surface area (Å²) in [6.07, 6.45) is 0.374. The highest BCUT2D eigenvalue weighted by Crippen LogP contribution is 2.35. The minimum Gasteiger partial charge on any atom is -0.478 e. The monoisotopic (exact) mass is 466 g/mol. The van der Waals surface area contributed by atoms with E-state index in [1.807, 2.05) is 19.1 Å². The Morgan fingerprint density at radius 3 is 2.53 bits per heavy atom. The molecule has 0 radical (unpaired) electrons. The Labute approximate surface area is 196 Å². The molecular formula is C24H26N4O6. The van der Waals surface area contributed by atoms with Crippen LogP contribution in [0.1, 0.15) is 40.9 Å². The number of aryl methyl sites for hydroxylation is 1. The number of carboxylic acid groups (broad SMARTS) is 1. The molecule has 10 nitrogen and oxygen atoms in total. The average Bonchev–Trinajstić information content (AvgIpc) is 2.79. The van der Waals surface area contributed by atoms with Crippen LogP contribution in [0.5, 0.6) is 0 Å². The molecule has 0 fully saturated rings. The van der Waals surface area contributed by atoms with Gasteiger partial charge in [0.05, 0.1) is 16.5 Å². The number of carboxylic acids is 1. The standard InChI is InChI=1S/C24H26N4O6/c1-15-8-4-5-11-19(15)22(29)26(3)12-7-13-27-21(17-9-6-10-18(14-17)28(33)34)20(23(30)31)16(2)25-24(27)32/h4-6,8-11,14,21H,7,12-13H2,1-3H3,(H,25,32)(H,30,31). The van der Waals surface area contributed by atoms with Gasteiger partial charge in [-0.3, -0.25) is 14.9 Å². The summed E-state index contributed by atoms with van der Waals surface area (Å²) in [5.74, 6) is -1.38. The van der Waals surface area contributed by atoms with Gasteiger partial charge >= 0.3 is 12.0 Å². The van der Waals surface area contributed by atoms with Crippen molar-refractivity contribution in [3.05, 3.63) is 86.6 Å². The van der Waals surface area contributed by atoms with Crippen LogP contribution in [0.4, 0.5) is 10.5 Å². The van der Waals surface area contributed by atoms with E-state index in [0.29, 0.717) is 24.1 Å². The fraction of sp³-hybridized carbons (Fsp3) is 0.292. The number of rotatable bonds is 8. The normalized spacial score (nSPS) is 15.7. The molecule has 1 heterocycles. The third kappa shape index (κ3) is 5.06. The highest BCUT2D eigenvalue weighted by molar-refractivity contribution is 5.95. The largest absolute Gasteiger partial charge is 0.478 e. The van der Waals surface area contributed by atoms with Crippen molar-refractivity contribution in [2.45, 2.75) is 26.3 Å². The number of nitro benzene ring substituents is 1. The number of urea groups is 1. The lowest BCUT2D eigenvalue weighted by Crippen LogP contribution is -2.49. The van der Waals surface area contributed by atoms with E-state index in [1.165, 1.54) is 30.0 Å². The number of nitrogens with zero attached hydrogens (tertiary/aromatic N) is 3. The van der Waals surface area contributed by atoms with Gasteiger partial charge in [0.25, 0.3) is 11.6 Å². The number of non-ortho nitro benzene ring substituents is 1. The zero-order valence-corrected chi connectivity index (χ0v) is 19.1. The van der Waals surface area contributed by atoms with E-state index in [2.05, 4.69) is 5.32 Å². The van der Waals surface area contributed by atoms with Gasteiger partial charge in [-0.2, -0.15) is 0 Å². The Morgan fingerprint density at radius 2 is 1.88 bits per heavy atom. The molecule has 2 N–H and O–H groups in total. The second kappa shape index (κ2) is 10.2. The Morgan fingerprint density at radius 1 is 1.18 bits per heavy atom. The highest BCUT2D eigenvalue weighted by Gasteiger charge is 2.38. The number of carbonyl (C=O) groups excluding carboxylic acids is 2. The average molecular weight is 466 g/mol. The van der Waals surface area contributed by atoms with Gasteiger partial charge in [0.2, 0.25) is 0 Å². The predicted molar refractivity (Wildman–Crippen MR) is 124 cm³/mol. The van der Waals surface area contributed by atoms with Crippen LogP contribution < -0.4 is 5.32 Å². The predicted octanol–water partition coefficient (Wildman–Crippen LogP) is 3.49. The molecule has 0 aromatic heterocycles. The SMILES string of the molecule is CC1=C(C(=O)O)C(c2cccc([N+](=O)[O-])c2)N(CCCN(C)C(=O)c2ccccc2C)C(=O)N1. The summed E-state index contributed by atoms with van der Waals surface area (Å²) < 4.78 is 0. The van der Waals surface area contributed by atoms with Crippen molar-refractivity contribution in [3.8, 4) is 0 Å². The van der Waals surface area contributed by atoms with E-state index in [1.54, 1.807) is 30.1 Å². The molecule has 178 valence electrons. The molecule has 3 rings (SSSR count). The molecule has 2 aromatic rings. The number of hydrogen-bond donors (Lipinski definition) is 2. The van der Waals surface area contributed by atoms with Crippen molar-refractivity contribution < 1.29 is 24.4 Å². The third-order valence-corrected chi connectivity index (χ3v) is 5.79. The minimum absolute atomic E-state index is 0.0653. The molecule has 0 spiro atoms. The van der Waals surface area contributed by atoms with Crippen LogP contribution in [0.15, 0.2) is 59.8 Å². The molecular weight excluding hydrogens is 440 g/mol. The summed E-state index contributed by atoms with van der Waals surface area (Å²) in [4.78, 5) is 51.2. The molecule has 1 atom stereocenters. The first kappa shape index (κ1) is 24.4. The summed E-state index contributed by atoms with van der Waals surface area (Å²) in [6, 6.07) is 11.3. The number of nitro groups is 1. The molecule has 0 aliphatic carbocycles. The lowest BCUT2D eigenvalue weighted by Gasteiger charge is -2.37. The summed E-state index contributed by atoms with van der Waals surface area (Å²) >= 11 is 0. The number of aliphatic carboxylic acids is 1. The number of carbonyl (C=O) groups is 3. The van der Waals surface area contributed by atoms with E-state index in [0.717, 1.165) is 5.56 Å². The molecule has 0 bridgehead atoms. The Bertz CT molecular complexity index is 1180. The summed E-state index contributed by atoms with van der Waals surface area (Å²) in [6.45, 7) is 3.79. The number of hydrogen-bond acceptors (Lipinski definition) is 5. The summed E-state index contributed by atoms with van der Waals surface area (Å²) in [5.41, 5.74) is 1.68. The van der Waals surface area contributed by atoms with E-state index in [9.17, 15) is 29.6 Å². The number of nitrogens with one attached hydrogen (secondary N) is 1. The van der Waals surface area contributed by atoms with Crippen LogP contribution in [0.2, 0.25) is 0 Å². The molecule has 0 saturated heterocycles. The number of amides is 3. The van der Waals surface area contributed by atoms with Gasteiger partial charge in [-0.1, -0.05) is 30.3 Å². The number of allylic oxidation sites excluding steroid dienone is 1. The van der Waals surface area contributed by atoms with Gasteiger partial charge in [0.15, 0.2) is 0 Å². The first-order valence-electron chi connectivity index (χ1n) is 10.7. The highest BCUT2D eigenvalue weighted by atomic mass is 16.6. The van der Waals surface area contributed by atoms with Crippen LogP contribution in [0.25, 0.3) is 0 Å². The minimum atomic E-state index is -1.23. The molecule has 10 heteroatoms. The van der Waals surface area contributed by atoms with Crippen molar-refractivity contribution in [2.75, 3.05) is 20.1 Å². The second-order valence-electron chi connectivity index (χ2n) is 8.12. The molecule has 2 aromatic carbocycles. The van der Waals surface area contributed by atoms with E-state index >= 15 is 0 Å². The van der Waals surface area contributed by atoms with Crippen LogP contribution in [-0.2, 0) is 4.79 Å². The van der Waals surface area contributed by atoms with Crippen LogP contribution in [0.3, 0.4) is 0 Å². The Hall–Kier alpha value is -4.21. The van der Waals surface area contributed by atoms with Gasteiger partial charge in [0.1, 0.15) is 0 Å². The first-order chi connectivity index (χ1) is 16.1. The molecule has 0 saturated carbocycles. The van der Waals surface area contributed by atoms with Gasteiger partial charge in [-0.15, -0.1) is 0 Å². The van der Waals surface area contributed by atoms with Crippen molar-refractivity contribution in [2.24, 2.45) is 0 Å². The van der Waals surface area contributed by atoms with Gasteiger partial charge in [-0.25, -0.2) is 9.59 Å². The molecule has 1 aliphatic rings. The van der Waals surface area contributed by atoms with Crippen LogP contribution in [-0.4, -0.2) is 57.9 Å². The molecule has 1 unspecified atom stereocenters. The Kier molecular flexibility index (Phi) is 7.30. The van der Waals surface area contributed by atoms with Crippen LogP contribution >= 0.6 is 0 Å². The Balaban J connectivity index is 1.83. The molecule has 34 heavy (non-hydrogen) atoms. The summed E-state index contributed by atoms with van der Waals surface area (Å²) in [5, 5.41) is 23.7. The maximum Gasteiger partial charge on any atom is 0.335 e. The lowest BCUT2D eigenvalue weighted by atomic mass is 9.93. The van der Waals surface area contributed by atoms with Gasteiger partial charge in [0, 0.05) is 43.5 Å². The van der Waals surface area contributed by atoms with Crippen molar-refractivity contribution in [1.29, 1.82) is 0 Å². The second-order valence-corrected chi connectivity index (χ2v) is 8.12. The third-order valence-electron chi connectivity index (χ3n) is 5.79. The van der Waals surface area contributed by atoms with Crippen LogP contribution in [0, 0.1) is 17.0 Å². The van der Waals surface area contributed by atoms with E-state index in [4.69, 9.17) is 0 Å². The maximum absolute atomic E-state index is 12.8. The quantitative estimate of drug-likeness (QED) is 0.452. The molecule has 1 aliphatic heterocycles. The van der Waals surface area contributed by atoms with Crippen molar-refractivity contribution in [1.82, 2.24) is 15.1 Å². The van der Waals surface area contributed by atoms with Crippen molar-refractivity contribution in [3.63, 3.8) is 0 Å². The molecule has 3 amide bonds. The van der Waals surface area contributed by atoms with E-state index < -0.39 is 23.0 Å². The van der Waals surface area contributed by atoms with E-state index in [-0.39, 0.29) is 29.4 Å². The topological polar surface area (TPSA) is 133 Å². The number of benzene rings is 2. The zero-order chi connectivity index (χ0) is 25.0. The fourth-order valence-corrected chi connectivity index (χ4v) is 4.04. The smallest absolute Gasteiger partial charge is 0.335 e. The fourth-order valence-electron chi connectivity index (χ4n) is 4.04. The first-order valence-corrected chi connectivity index (χ1v) is 10.7. The zero-order valence-electron chi connectivity index (χ0n) is 19.1. The lowest BCUT2D eigenvalue weighted by molar-refractivity contribution is -0.384.